The van der Waals surface area contributed by atoms with E-state index in [4.69, 9.17) is 4.42 Å². The predicted molar refractivity (Wildman–Crippen MR) is 71.2 cm³/mol. The Morgan fingerprint density at radius 2 is 2.05 bits per heavy atom. The number of fused-ring (bicyclic) bond motifs is 1. The highest BCUT2D eigenvalue weighted by atomic mass is 16.3. The van der Waals surface area contributed by atoms with E-state index in [1.807, 2.05) is 32.0 Å². The number of carbonyl (C=O) groups excluding carboxylic acids is 1. The molecule has 0 spiro atoms. The second-order valence-electron chi connectivity index (χ2n) is 4.48. The fourth-order valence-electron chi connectivity index (χ4n) is 2.08. The number of hydrogen-bond acceptors (Lipinski definition) is 4. The van der Waals surface area contributed by atoms with E-state index in [-0.39, 0.29) is 5.78 Å². The van der Waals surface area contributed by atoms with E-state index in [2.05, 4.69) is 9.97 Å². The van der Waals surface area contributed by atoms with Crippen LogP contribution in [-0.2, 0) is 0 Å². The number of benzene rings is 1. The predicted octanol–water partition coefficient (Wildman–Crippen LogP) is 3.07. The number of aryl methyl sites for hydroxylation is 2. The van der Waals surface area contributed by atoms with Crippen LogP contribution in [0.2, 0.25) is 0 Å². The number of nitrogens with zero attached hydrogens (tertiary/aromatic N) is 2. The van der Waals surface area contributed by atoms with E-state index in [0.717, 1.165) is 22.1 Å². The van der Waals surface area contributed by atoms with Crippen molar-refractivity contribution in [2.24, 2.45) is 0 Å². The van der Waals surface area contributed by atoms with E-state index in [1.54, 1.807) is 0 Å². The maximum Gasteiger partial charge on any atom is 0.248 e. The standard InChI is InChI=1S/C15H12N2O2/c1-9-3-4-11-10(2)15(19-13(11)7-9)14(18)12-8-16-5-6-17-12/h3-8H,1-2H3. The third kappa shape index (κ3) is 1.91. The Hall–Kier alpha value is -2.49. The Morgan fingerprint density at radius 3 is 2.79 bits per heavy atom. The van der Waals surface area contributed by atoms with Crippen molar-refractivity contribution < 1.29 is 9.21 Å². The minimum atomic E-state index is -0.237. The van der Waals surface area contributed by atoms with Gasteiger partial charge in [-0.25, -0.2) is 4.98 Å². The van der Waals surface area contributed by atoms with Crippen LogP contribution < -0.4 is 0 Å². The Balaban J connectivity index is 2.16. The van der Waals surface area contributed by atoms with E-state index >= 15 is 0 Å². The molecule has 0 radical (unpaired) electrons. The van der Waals surface area contributed by atoms with Gasteiger partial charge in [-0.05, 0) is 25.5 Å². The van der Waals surface area contributed by atoms with Crippen molar-refractivity contribution in [1.82, 2.24) is 9.97 Å². The van der Waals surface area contributed by atoms with Gasteiger partial charge in [-0.15, -0.1) is 0 Å². The van der Waals surface area contributed by atoms with Crippen LogP contribution in [0.25, 0.3) is 11.0 Å². The molecular weight excluding hydrogens is 240 g/mol. The molecule has 0 aliphatic rings. The van der Waals surface area contributed by atoms with Crippen LogP contribution in [0.1, 0.15) is 27.4 Å². The molecule has 19 heavy (non-hydrogen) atoms. The Kier molecular flexibility index (Phi) is 2.63. The first-order valence-corrected chi connectivity index (χ1v) is 5.97. The summed E-state index contributed by atoms with van der Waals surface area (Å²) in [4.78, 5) is 20.2. The highest BCUT2D eigenvalue weighted by Crippen LogP contribution is 2.27. The maximum absolute atomic E-state index is 12.3. The molecule has 0 aliphatic carbocycles. The number of hydrogen-bond donors (Lipinski definition) is 0. The van der Waals surface area contributed by atoms with Gasteiger partial charge in [-0.3, -0.25) is 9.78 Å². The van der Waals surface area contributed by atoms with Crippen LogP contribution in [0.15, 0.2) is 41.2 Å². The Bertz CT molecular complexity index is 760. The van der Waals surface area contributed by atoms with Gasteiger partial charge in [0.1, 0.15) is 11.3 Å². The van der Waals surface area contributed by atoms with Crippen LogP contribution >= 0.6 is 0 Å². The lowest BCUT2D eigenvalue weighted by Gasteiger charge is -1.96. The second-order valence-corrected chi connectivity index (χ2v) is 4.48. The average molecular weight is 252 g/mol. The summed E-state index contributed by atoms with van der Waals surface area (Å²) in [6, 6.07) is 5.90. The molecule has 0 atom stereocenters. The fraction of sp³-hybridized carbons (Fsp3) is 0.133. The molecule has 3 rings (SSSR count). The molecule has 0 fully saturated rings. The summed E-state index contributed by atoms with van der Waals surface area (Å²) in [5.74, 6) is 0.0977. The molecule has 94 valence electrons. The molecular formula is C15H12N2O2. The highest BCUT2D eigenvalue weighted by Gasteiger charge is 2.20. The van der Waals surface area contributed by atoms with Crippen molar-refractivity contribution in [1.29, 1.82) is 0 Å². The quantitative estimate of drug-likeness (QED) is 0.658. The van der Waals surface area contributed by atoms with Crippen molar-refractivity contribution in [2.45, 2.75) is 13.8 Å². The van der Waals surface area contributed by atoms with Gasteiger partial charge >= 0.3 is 0 Å². The molecule has 3 aromatic rings. The number of rotatable bonds is 2. The zero-order valence-electron chi connectivity index (χ0n) is 10.7. The van der Waals surface area contributed by atoms with Crippen molar-refractivity contribution in [3.05, 3.63) is 59.4 Å². The molecule has 2 aromatic heterocycles. The fourth-order valence-corrected chi connectivity index (χ4v) is 2.08. The Labute approximate surface area is 110 Å². The summed E-state index contributed by atoms with van der Waals surface area (Å²) in [7, 11) is 0. The number of aromatic nitrogens is 2. The topological polar surface area (TPSA) is 56.0 Å². The van der Waals surface area contributed by atoms with Crippen molar-refractivity contribution in [3.8, 4) is 0 Å². The molecule has 0 bridgehead atoms. The summed E-state index contributed by atoms with van der Waals surface area (Å²) in [6.45, 7) is 3.87. The van der Waals surface area contributed by atoms with Gasteiger partial charge in [-0.1, -0.05) is 12.1 Å². The molecule has 1 aromatic carbocycles. The lowest BCUT2D eigenvalue weighted by Crippen LogP contribution is -2.04. The van der Waals surface area contributed by atoms with Crippen LogP contribution in [0.3, 0.4) is 0 Å². The SMILES string of the molecule is Cc1ccc2c(C)c(C(=O)c3cnccn3)oc2c1. The largest absolute Gasteiger partial charge is 0.452 e. The molecule has 0 amide bonds. The number of furan rings is 1. The summed E-state index contributed by atoms with van der Waals surface area (Å²) in [5, 5.41) is 0.956. The molecule has 4 nitrogen and oxygen atoms in total. The number of carbonyl (C=O) groups is 1. The van der Waals surface area contributed by atoms with E-state index < -0.39 is 0 Å². The first-order chi connectivity index (χ1) is 9.16. The monoisotopic (exact) mass is 252 g/mol. The van der Waals surface area contributed by atoms with Gasteiger partial charge < -0.3 is 4.42 Å². The van der Waals surface area contributed by atoms with Crippen molar-refractivity contribution in [3.63, 3.8) is 0 Å². The van der Waals surface area contributed by atoms with Crippen LogP contribution in [0, 0.1) is 13.8 Å². The summed E-state index contributed by atoms with van der Waals surface area (Å²) in [6.07, 6.45) is 4.47. The minimum absolute atomic E-state index is 0.237. The Morgan fingerprint density at radius 1 is 1.21 bits per heavy atom. The van der Waals surface area contributed by atoms with Crippen molar-refractivity contribution in [2.75, 3.05) is 0 Å². The average Bonchev–Trinajstić information content (AvgIpc) is 2.75. The molecule has 2 heterocycles. The molecule has 0 aliphatic heterocycles. The summed E-state index contributed by atoms with van der Waals surface area (Å²) < 4.78 is 5.68. The molecule has 0 saturated carbocycles. The molecule has 0 N–H and O–H groups in total. The maximum atomic E-state index is 12.3. The molecule has 0 unspecified atom stereocenters. The first kappa shape index (κ1) is 11.6. The second kappa shape index (κ2) is 4.31. The zero-order valence-corrected chi connectivity index (χ0v) is 10.7. The van der Waals surface area contributed by atoms with Crippen LogP contribution in [0.4, 0.5) is 0 Å². The van der Waals surface area contributed by atoms with Crippen molar-refractivity contribution >= 4 is 16.8 Å². The molecule has 0 saturated heterocycles. The summed E-state index contributed by atoms with van der Waals surface area (Å²) in [5.41, 5.74) is 2.96. The summed E-state index contributed by atoms with van der Waals surface area (Å²) >= 11 is 0. The first-order valence-electron chi connectivity index (χ1n) is 5.97. The van der Waals surface area contributed by atoms with Gasteiger partial charge in [-0.2, -0.15) is 0 Å². The number of ketones is 1. The van der Waals surface area contributed by atoms with E-state index in [1.165, 1.54) is 18.6 Å². The van der Waals surface area contributed by atoms with Gasteiger partial charge in [0.2, 0.25) is 5.78 Å². The van der Waals surface area contributed by atoms with E-state index in [0.29, 0.717) is 11.5 Å². The lowest BCUT2D eigenvalue weighted by atomic mass is 10.1. The highest BCUT2D eigenvalue weighted by molar-refractivity contribution is 6.09. The normalized spacial score (nSPS) is 10.8. The third-order valence-corrected chi connectivity index (χ3v) is 3.10. The van der Waals surface area contributed by atoms with Gasteiger partial charge in [0.15, 0.2) is 5.76 Å². The van der Waals surface area contributed by atoms with E-state index in [9.17, 15) is 4.79 Å². The van der Waals surface area contributed by atoms with Gasteiger partial charge in [0.05, 0.1) is 6.20 Å². The molecule has 4 heteroatoms. The van der Waals surface area contributed by atoms with Crippen LogP contribution in [-0.4, -0.2) is 15.8 Å². The zero-order chi connectivity index (χ0) is 13.4. The van der Waals surface area contributed by atoms with Gasteiger partial charge in [0.25, 0.3) is 0 Å². The minimum Gasteiger partial charge on any atom is -0.452 e. The smallest absolute Gasteiger partial charge is 0.248 e. The van der Waals surface area contributed by atoms with Gasteiger partial charge in [0, 0.05) is 23.3 Å². The lowest BCUT2D eigenvalue weighted by molar-refractivity contribution is 0.100. The van der Waals surface area contributed by atoms with Crippen LogP contribution in [0.5, 0.6) is 0 Å². The third-order valence-electron chi connectivity index (χ3n) is 3.10.